The lowest BCUT2D eigenvalue weighted by Crippen LogP contribution is -2.47. The molecule has 2 aromatic rings. The Balaban J connectivity index is 2.04. The lowest BCUT2D eigenvalue weighted by molar-refractivity contribution is -0.125. The monoisotopic (exact) mass is 395 g/mol. The van der Waals surface area contributed by atoms with Gasteiger partial charge in [0.25, 0.3) is 5.91 Å². The van der Waals surface area contributed by atoms with Crippen LogP contribution in [0, 0.1) is 5.92 Å². The van der Waals surface area contributed by atoms with Crippen LogP contribution in [0.25, 0.3) is 11.1 Å². The molecule has 0 aliphatic rings. The maximum atomic E-state index is 12.7. The average Bonchev–Trinajstić information content (AvgIpc) is 2.72. The van der Waals surface area contributed by atoms with Crippen LogP contribution >= 0.6 is 0 Å². The Labute approximate surface area is 172 Å². The second kappa shape index (κ2) is 11.0. The van der Waals surface area contributed by atoms with Gasteiger partial charge in [0.15, 0.2) is 0 Å². The first-order valence-electron chi connectivity index (χ1n) is 9.91. The van der Waals surface area contributed by atoms with Crippen LogP contribution in [-0.2, 0) is 9.59 Å². The van der Waals surface area contributed by atoms with Crippen molar-refractivity contribution in [3.63, 3.8) is 0 Å². The van der Waals surface area contributed by atoms with Crippen LogP contribution in [0.5, 0.6) is 0 Å². The minimum Gasteiger partial charge on any atom is -0.356 e. The zero-order valence-electron chi connectivity index (χ0n) is 17.2. The van der Waals surface area contributed by atoms with E-state index in [0.29, 0.717) is 12.1 Å². The summed E-state index contributed by atoms with van der Waals surface area (Å²) in [7, 11) is 0. The zero-order valence-corrected chi connectivity index (χ0v) is 17.2. The van der Waals surface area contributed by atoms with Crippen LogP contribution < -0.4 is 16.0 Å². The molecule has 1 atom stereocenters. The summed E-state index contributed by atoms with van der Waals surface area (Å²) in [6.45, 7) is 6.13. The second-order valence-corrected chi connectivity index (χ2v) is 7.17. The molecule has 0 spiro atoms. The molecule has 0 heterocycles. The van der Waals surface area contributed by atoms with E-state index in [-0.39, 0.29) is 36.6 Å². The van der Waals surface area contributed by atoms with Gasteiger partial charge in [-0.1, -0.05) is 56.3 Å². The van der Waals surface area contributed by atoms with Crippen molar-refractivity contribution in [3.05, 3.63) is 60.2 Å². The minimum absolute atomic E-state index is 0.0973. The van der Waals surface area contributed by atoms with E-state index in [0.717, 1.165) is 11.1 Å². The van der Waals surface area contributed by atoms with Crippen molar-refractivity contribution in [1.29, 1.82) is 0 Å². The number of hydrogen-bond donors (Lipinski definition) is 3. The van der Waals surface area contributed by atoms with Gasteiger partial charge in [-0.2, -0.15) is 0 Å². The molecular formula is C23H29N3O3. The largest absolute Gasteiger partial charge is 0.356 e. The summed E-state index contributed by atoms with van der Waals surface area (Å²) in [5.41, 5.74) is 2.59. The number of benzene rings is 2. The Morgan fingerprint density at radius 1 is 0.862 bits per heavy atom. The number of hydrogen-bond acceptors (Lipinski definition) is 3. The molecule has 0 fully saturated rings. The van der Waals surface area contributed by atoms with Crippen LogP contribution in [-0.4, -0.2) is 36.9 Å². The predicted molar refractivity (Wildman–Crippen MR) is 114 cm³/mol. The summed E-state index contributed by atoms with van der Waals surface area (Å²) in [4.78, 5) is 36.5. The van der Waals surface area contributed by atoms with Gasteiger partial charge in [0.2, 0.25) is 11.8 Å². The summed E-state index contributed by atoms with van der Waals surface area (Å²) in [5, 5.41) is 8.37. The Morgan fingerprint density at radius 2 is 1.48 bits per heavy atom. The molecule has 0 radical (unpaired) electrons. The quantitative estimate of drug-likeness (QED) is 0.610. The summed E-state index contributed by atoms with van der Waals surface area (Å²) < 4.78 is 0. The zero-order chi connectivity index (χ0) is 21.2. The number of nitrogens with one attached hydrogen (secondary N) is 3. The Kier molecular flexibility index (Phi) is 8.40. The third-order valence-electron chi connectivity index (χ3n) is 4.44. The molecule has 0 aliphatic heterocycles. The molecule has 0 aliphatic carbocycles. The lowest BCUT2D eigenvalue weighted by atomic mass is 10.0. The van der Waals surface area contributed by atoms with Crippen LogP contribution in [0.1, 0.15) is 37.6 Å². The van der Waals surface area contributed by atoms with Gasteiger partial charge >= 0.3 is 0 Å². The standard InChI is InChI=1S/C23H29N3O3/c1-4-24-21(27)14-20(15-25-22(28)16(2)3)26-23(29)19-12-10-18(11-13-19)17-8-6-5-7-9-17/h5-13,16,20H,4,14-15H2,1-3H3,(H,24,27)(H,25,28)(H,26,29). The highest BCUT2D eigenvalue weighted by molar-refractivity contribution is 5.95. The maximum Gasteiger partial charge on any atom is 0.251 e. The van der Waals surface area contributed by atoms with Crippen molar-refractivity contribution in [2.75, 3.05) is 13.1 Å². The van der Waals surface area contributed by atoms with Gasteiger partial charge in [-0.05, 0) is 30.2 Å². The SMILES string of the molecule is CCNC(=O)CC(CNC(=O)C(C)C)NC(=O)c1ccc(-c2ccccc2)cc1. The summed E-state index contributed by atoms with van der Waals surface area (Å²) in [6, 6.07) is 16.7. The van der Waals surface area contributed by atoms with Crippen molar-refractivity contribution in [1.82, 2.24) is 16.0 Å². The van der Waals surface area contributed by atoms with Crippen molar-refractivity contribution < 1.29 is 14.4 Å². The topological polar surface area (TPSA) is 87.3 Å². The fourth-order valence-corrected chi connectivity index (χ4v) is 2.81. The van der Waals surface area contributed by atoms with Crippen LogP contribution in [0.2, 0.25) is 0 Å². The fourth-order valence-electron chi connectivity index (χ4n) is 2.81. The van der Waals surface area contributed by atoms with Crippen LogP contribution in [0.4, 0.5) is 0 Å². The molecule has 3 amide bonds. The van der Waals surface area contributed by atoms with E-state index in [1.807, 2.05) is 49.4 Å². The first-order valence-corrected chi connectivity index (χ1v) is 9.91. The lowest BCUT2D eigenvalue weighted by Gasteiger charge is -2.20. The van der Waals surface area contributed by atoms with E-state index in [4.69, 9.17) is 0 Å². The predicted octanol–water partition coefficient (Wildman–Crippen LogP) is 2.75. The molecular weight excluding hydrogens is 366 g/mol. The van der Waals surface area contributed by atoms with Gasteiger partial charge in [-0.15, -0.1) is 0 Å². The third-order valence-corrected chi connectivity index (χ3v) is 4.44. The molecule has 3 N–H and O–H groups in total. The molecule has 0 bridgehead atoms. The molecule has 2 rings (SSSR count). The van der Waals surface area contributed by atoms with Crippen molar-refractivity contribution >= 4 is 17.7 Å². The number of carbonyl (C=O) groups is 3. The van der Waals surface area contributed by atoms with E-state index >= 15 is 0 Å². The molecule has 0 aromatic heterocycles. The molecule has 0 saturated carbocycles. The Hall–Kier alpha value is -3.15. The van der Waals surface area contributed by atoms with Gasteiger partial charge in [-0.25, -0.2) is 0 Å². The van der Waals surface area contributed by atoms with Gasteiger partial charge in [0, 0.05) is 31.0 Å². The fraction of sp³-hybridized carbons (Fsp3) is 0.348. The molecule has 6 nitrogen and oxygen atoms in total. The number of amides is 3. The molecule has 6 heteroatoms. The first kappa shape index (κ1) is 22.1. The summed E-state index contributed by atoms with van der Waals surface area (Å²) in [6.07, 6.45) is 0.0973. The maximum absolute atomic E-state index is 12.7. The average molecular weight is 396 g/mol. The minimum atomic E-state index is -0.495. The third kappa shape index (κ3) is 7.07. The molecule has 2 aromatic carbocycles. The summed E-state index contributed by atoms with van der Waals surface area (Å²) in [5.74, 6) is -0.734. The van der Waals surface area contributed by atoms with Gasteiger partial charge in [-0.3, -0.25) is 14.4 Å². The van der Waals surface area contributed by atoms with Gasteiger partial charge in [0.1, 0.15) is 0 Å². The Bertz CT molecular complexity index is 817. The Morgan fingerprint density at radius 3 is 2.07 bits per heavy atom. The number of rotatable bonds is 9. The van der Waals surface area contributed by atoms with E-state index in [2.05, 4.69) is 16.0 Å². The molecule has 0 saturated heterocycles. The number of carbonyl (C=O) groups excluding carboxylic acids is 3. The molecule has 154 valence electrons. The van der Waals surface area contributed by atoms with Crippen molar-refractivity contribution in [2.24, 2.45) is 5.92 Å². The highest BCUT2D eigenvalue weighted by atomic mass is 16.2. The van der Waals surface area contributed by atoms with Crippen LogP contribution in [0.3, 0.4) is 0 Å². The second-order valence-electron chi connectivity index (χ2n) is 7.17. The summed E-state index contributed by atoms with van der Waals surface area (Å²) >= 11 is 0. The van der Waals surface area contributed by atoms with Crippen molar-refractivity contribution in [3.8, 4) is 11.1 Å². The van der Waals surface area contributed by atoms with E-state index in [1.54, 1.807) is 26.0 Å². The van der Waals surface area contributed by atoms with E-state index < -0.39 is 6.04 Å². The smallest absolute Gasteiger partial charge is 0.251 e. The highest BCUT2D eigenvalue weighted by Crippen LogP contribution is 2.19. The highest BCUT2D eigenvalue weighted by Gasteiger charge is 2.19. The van der Waals surface area contributed by atoms with Crippen molar-refractivity contribution in [2.45, 2.75) is 33.2 Å². The van der Waals surface area contributed by atoms with E-state index in [1.165, 1.54) is 0 Å². The normalized spacial score (nSPS) is 11.6. The van der Waals surface area contributed by atoms with Crippen LogP contribution in [0.15, 0.2) is 54.6 Å². The molecule has 1 unspecified atom stereocenters. The molecule has 29 heavy (non-hydrogen) atoms. The van der Waals surface area contributed by atoms with Gasteiger partial charge < -0.3 is 16.0 Å². The van der Waals surface area contributed by atoms with Gasteiger partial charge in [0.05, 0.1) is 6.04 Å². The first-order chi connectivity index (χ1) is 13.9. The van der Waals surface area contributed by atoms with E-state index in [9.17, 15) is 14.4 Å².